The summed E-state index contributed by atoms with van der Waals surface area (Å²) in [6.45, 7) is 0. The molecule has 7 nitrogen and oxygen atoms in total. The first-order chi connectivity index (χ1) is 16.1. The van der Waals surface area contributed by atoms with Gasteiger partial charge in [-0.2, -0.15) is 5.10 Å². The predicted molar refractivity (Wildman–Crippen MR) is 121 cm³/mol. The average Bonchev–Trinajstić information content (AvgIpc) is 3.57. The topological polar surface area (TPSA) is 85.1 Å². The van der Waals surface area contributed by atoms with Crippen molar-refractivity contribution < 1.29 is 9.18 Å². The summed E-state index contributed by atoms with van der Waals surface area (Å²) in [6.07, 6.45) is 7.59. The third-order valence-electron chi connectivity index (χ3n) is 5.78. The fourth-order valence-corrected chi connectivity index (χ4v) is 3.87. The Balaban J connectivity index is 1.31. The van der Waals surface area contributed by atoms with E-state index < -0.39 is 5.82 Å². The molecule has 0 unspecified atom stereocenters. The zero-order valence-corrected chi connectivity index (χ0v) is 17.6. The Morgan fingerprint density at radius 1 is 1.06 bits per heavy atom. The second-order valence-corrected chi connectivity index (χ2v) is 8.25. The van der Waals surface area contributed by atoms with Crippen LogP contribution in [0.1, 0.15) is 34.5 Å². The lowest BCUT2D eigenvalue weighted by molar-refractivity contribution is 0.0947. The van der Waals surface area contributed by atoms with Crippen LogP contribution in [0.4, 0.5) is 4.39 Å². The highest BCUT2D eigenvalue weighted by molar-refractivity contribution is 5.95. The van der Waals surface area contributed by atoms with Gasteiger partial charge in [0.15, 0.2) is 0 Å². The van der Waals surface area contributed by atoms with Crippen molar-refractivity contribution in [3.8, 4) is 11.3 Å². The van der Waals surface area contributed by atoms with E-state index in [4.69, 9.17) is 0 Å². The number of aromatic nitrogens is 5. The van der Waals surface area contributed by atoms with Gasteiger partial charge in [-0.05, 0) is 48.7 Å². The van der Waals surface area contributed by atoms with Crippen molar-refractivity contribution in [1.82, 2.24) is 29.9 Å². The third-order valence-corrected chi connectivity index (χ3v) is 5.78. The van der Waals surface area contributed by atoms with Crippen LogP contribution in [0.5, 0.6) is 0 Å². The van der Waals surface area contributed by atoms with Gasteiger partial charge in [0, 0.05) is 29.6 Å². The molecule has 3 heterocycles. The molecule has 0 atom stereocenters. The van der Waals surface area contributed by atoms with Crippen LogP contribution in [-0.4, -0.2) is 36.5 Å². The number of carbonyl (C=O) groups excluding carboxylic acids is 1. The second kappa shape index (κ2) is 7.74. The Kier molecular flexibility index (Phi) is 4.57. The highest BCUT2D eigenvalue weighted by Crippen LogP contribution is 2.23. The first-order valence-corrected chi connectivity index (χ1v) is 10.8. The largest absolute Gasteiger partial charge is 0.349 e. The molecule has 0 aliphatic heterocycles. The molecule has 1 amide bonds. The van der Waals surface area contributed by atoms with Crippen molar-refractivity contribution in [3.63, 3.8) is 0 Å². The Morgan fingerprint density at radius 2 is 1.94 bits per heavy atom. The number of nitrogens with one attached hydrogen (secondary N) is 1. The van der Waals surface area contributed by atoms with Crippen molar-refractivity contribution in [1.29, 1.82) is 0 Å². The molecule has 33 heavy (non-hydrogen) atoms. The van der Waals surface area contributed by atoms with Crippen LogP contribution in [0.2, 0.25) is 0 Å². The number of halogens is 1. The molecule has 1 aliphatic rings. The number of carbonyl (C=O) groups is 1. The SMILES string of the molecule is O=C(NC1CC1)c1ccc(-c2cnc3ncc(Cc4ccc5ncccc5c4)n3n2)cc1F. The van der Waals surface area contributed by atoms with Crippen molar-refractivity contribution in [2.45, 2.75) is 25.3 Å². The van der Waals surface area contributed by atoms with Crippen LogP contribution < -0.4 is 5.32 Å². The monoisotopic (exact) mass is 438 g/mol. The van der Waals surface area contributed by atoms with Crippen LogP contribution in [0.15, 0.2) is 67.1 Å². The number of amides is 1. The van der Waals surface area contributed by atoms with Gasteiger partial charge >= 0.3 is 0 Å². The summed E-state index contributed by atoms with van der Waals surface area (Å²) in [5.74, 6) is -0.495. The maximum absolute atomic E-state index is 14.7. The van der Waals surface area contributed by atoms with E-state index in [0.29, 0.717) is 23.5 Å². The predicted octanol–water partition coefficient (Wildman–Crippen LogP) is 3.96. The third kappa shape index (κ3) is 3.80. The molecule has 0 spiro atoms. The molecule has 0 saturated heterocycles. The van der Waals surface area contributed by atoms with E-state index in [1.54, 1.807) is 29.2 Å². The van der Waals surface area contributed by atoms with Gasteiger partial charge in [-0.25, -0.2) is 18.9 Å². The van der Waals surface area contributed by atoms with E-state index in [0.717, 1.165) is 35.0 Å². The first kappa shape index (κ1) is 19.5. The summed E-state index contributed by atoms with van der Waals surface area (Å²) in [7, 11) is 0. The summed E-state index contributed by atoms with van der Waals surface area (Å²) in [6, 6.07) is 14.7. The van der Waals surface area contributed by atoms with Crippen LogP contribution >= 0.6 is 0 Å². The van der Waals surface area contributed by atoms with Gasteiger partial charge in [0.1, 0.15) is 11.5 Å². The Morgan fingerprint density at radius 3 is 2.79 bits per heavy atom. The van der Waals surface area contributed by atoms with E-state index in [1.165, 1.54) is 12.1 Å². The number of nitrogens with zero attached hydrogens (tertiary/aromatic N) is 5. The molecule has 8 heteroatoms. The van der Waals surface area contributed by atoms with Crippen molar-refractivity contribution in [3.05, 3.63) is 89.8 Å². The van der Waals surface area contributed by atoms with Gasteiger partial charge in [-0.3, -0.25) is 9.78 Å². The molecule has 1 N–H and O–H groups in total. The maximum Gasteiger partial charge on any atom is 0.254 e. The number of hydrogen-bond donors (Lipinski definition) is 1. The molecule has 1 aliphatic carbocycles. The Labute approximate surface area is 188 Å². The molecule has 1 saturated carbocycles. The zero-order valence-electron chi connectivity index (χ0n) is 17.6. The molecule has 3 aromatic heterocycles. The van der Waals surface area contributed by atoms with Gasteiger partial charge in [0.2, 0.25) is 0 Å². The minimum Gasteiger partial charge on any atom is -0.349 e. The maximum atomic E-state index is 14.7. The minimum atomic E-state index is -0.580. The minimum absolute atomic E-state index is 0.0359. The summed E-state index contributed by atoms with van der Waals surface area (Å²) < 4.78 is 16.3. The lowest BCUT2D eigenvalue weighted by Gasteiger charge is -2.08. The van der Waals surface area contributed by atoms with Crippen molar-refractivity contribution >= 4 is 22.6 Å². The molecule has 1 fully saturated rings. The van der Waals surface area contributed by atoms with Gasteiger partial charge in [-0.15, -0.1) is 0 Å². The number of fused-ring (bicyclic) bond motifs is 2. The molecule has 0 radical (unpaired) electrons. The molecule has 5 aromatic rings. The van der Waals surface area contributed by atoms with Gasteiger partial charge in [0.25, 0.3) is 11.7 Å². The fourth-order valence-electron chi connectivity index (χ4n) is 3.87. The quantitative estimate of drug-likeness (QED) is 0.449. The molecule has 2 aromatic carbocycles. The van der Waals surface area contributed by atoms with Crippen molar-refractivity contribution in [2.75, 3.05) is 0 Å². The number of pyridine rings is 1. The number of benzene rings is 2. The van der Waals surface area contributed by atoms with E-state index in [2.05, 4.69) is 31.4 Å². The van der Waals surface area contributed by atoms with Crippen LogP contribution in [0.3, 0.4) is 0 Å². The zero-order chi connectivity index (χ0) is 22.4. The van der Waals surface area contributed by atoms with Crippen LogP contribution in [0.25, 0.3) is 27.9 Å². The van der Waals surface area contributed by atoms with Gasteiger partial charge in [-0.1, -0.05) is 18.2 Å². The summed E-state index contributed by atoms with van der Waals surface area (Å²) in [4.78, 5) is 25.3. The number of rotatable bonds is 5. The average molecular weight is 438 g/mol. The van der Waals surface area contributed by atoms with Gasteiger partial charge in [0.05, 0.1) is 29.2 Å². The Bertz CT molecular complexity index is 1520. The molecule has 0 bridgehead atoms. The molecule has 162 valence electrons. The molecular formula is C25H19FN6O. The highest BCUT2D eigenvalue weighted by atomic mass is 19.1. The lowest BCUT2D eigenvalue weighted by Crippen LogP contribution is -2.26. The number of hydrogen-bond acceptors (Lipinski definition) is 5. The normalized spacial score (nSPS) is 13.5. The van der Waals surface area contributed by atoms with E-state index in [-0.39, 0.29) is 17.5 Å². The summed E-state index contributed by atoms with van der Waals surface area (Å²) in [5.41, 5.74) is 3.98. The second-order valence-electron chi connectivity index (χ2n) is 8.25. The fraction of sp³-hybridized carbons (Fsp3) is 0.160. The van der Waals surface area contributed by atoms with Gasteiger partial charge < -0.3 is 5.32 Å². The van der Waals surface area contributed by atoms with E-state index >= 15 is 0 Å². The van der Waals surface area contributed by atoms with E-state index in [9.17, 15) is 9.18 Å². The van der Waals surface area contributed by atoms with Crippen molar-refractivity contribution in [2.24, 2.45) is 0 Å². The summed E-state index contributed by atoms with van der Waals surface area (Å²) in [5, 5.41) is 8.53. The van der Waals surface area contributed by atoms with E-state index in [1.807, 2.05) is 24.3 Å². The molecule has 6 rings (SSSR count). The smallest absolute Gasteiger partial charge is 0.254 e. The van der Waals surface area contributed by atoms with Crippen LogP contribution in [-0.2, 0) is 6.42 Å². The standard InChI is InChI=1S/C25H19FN6O/c26-21-12-17(4-7-20(21)24(33)30-18-5-6-18)23-14-29-25-28-13-19(32(25)31-23)11-15-3-8-22-16(10-15)2-1-9-27-22/h1-4,7-10,12-14,18H,5-6,11H2,(H,30,33). The lowest BCUT2D eigenvalue weighted by atomic mass is 10.1. The van der Waals surface area contributed by atoms with Crippen LogP contribution in [0, 0.1) is 5.82 Å². The Hall–Kier alpha value is -4.20. The first-order valence-electron chi connectivity index (χ1n) is 10.8. The molecular weight excluding hydrogens is 419 g/mol. The highest BCUT2D eigenvalue weighted by Gasteiger charge is 2.25. The number of imidazole rings is 1. The summed E-state index contributed by atoms with van der Waals surface area (Å²) >= 11 is 0.